The first kappa shape index (κ1) is 18.5. The zero-order valence-electron chi connectivity index (χ0n) is 12.1. The van der Waals surface area contributed by atoms with Crippen LogP contribution < -0.4 is 0 Å². The second kappa shape index (κ2) is 8.82. The van der Waals surface area contributed by atoms with Crippen molar-refractivity contribution in [2.75, 3.05) is 19.7 Å². The van der Waals surface area contributed by atoms with Gasteiger partial charge in [-0.2, -0.15) is 4.31 Å². The molecule has 0 bridgehead atoms. The van der Waals surface area contributed by atoms with Gasteiger partial charge in [-0.3, -0.25) is 0 Å². The number of nitrogens with zero attached hydrogens (tertiary/aromatic N) is 1. The van der Waals surface area contributed by atoms with Crippen LogP contribution in [0.4, 0.5) is 4.39 Å². The monoisotopic (exact) mass is 381 g/mol. The fourth-order valence-electron chi connectivity index (χ4n) is 1.97. The van der Waals surface area contributed by atoms with Crippen LogP contribution in [0.3, 0.4) is 0 Å². The Morgan fingerprint density at radius 2 is 1.95 bits per heavy atom. The number of unbranched alkanes of at least 4 members (excludes halogenated alkanes) is 3. The van der Waals surface area contributed by atoms with Gasteiger partial charge in [0.25, 0.3) is 0 Å². The molecular weight excluding hydrogens is 361 g/mol. The van der Waals surface area contributed by atoms with Crippen molar-refractivity contribution >= 4 is 26.0 Å². The van der Waals surface area contributed by atoms with E-state index in [2.05, 4.69) is 22.9 Å². The molecule has 0 radical (unpaired) electrons. The molecule has 0 atom stereocenters. The van der Waals surface area contributed by atoms with Crippen LogP contribution in [-0.2, 0) is 10.0 Å². The molecule has 1 rings (SSSR count). The Balaban J connectivity index is 2.90. The van der Waals surface area contributed by atoms with Crippen LogP contribution in [0.5, 0.6) is 0 Å². The molecule has 0 spiro atoms. The van der Waals surface area contributed by atoms with Crippen molar-refractivity contribution in [2.45, 2.75) is 37.5 Å². The predicted octanol–water partition coefficient (Wildman–Crippen LogP) is 3.15. The third kappa shape index (κ3) is 5.32. The Morgan fingerprint density at radius 3 is 2.52 bits per heavy atom. The Bertz CT molecular complexity index is 551. The highest BCUT2D eigenvalue weighted by molar-refractivity contribution is 9.10. The van der Waals surface area contributed by atoms with Gasteiger partial charge in [0.1, 0.15) is 5.82 Å². The molecule has 0 fully saturated rings. The van der Waals surface area contributed by atoms with Crippen LogP contribution in [-0.4, -0.2) is 37.5 Å². The lowest BCUT2D eigenvalue weighted by Crippen LogP contribution is -2.34. The molecule has 0 unspecified atom stereocenters. The number of hydrogen-bond donors (Lipinski definition) is 1. The molecule has 0 saturated heterocycles. The van der Waals surface area contributed by atoms with Crippen molar-refractivity contribution in [2.24, 2.45) is 0 Å². The maximum atomic E-state index is 13.5. The van der Waals surface area contributed by atoms with Crippen LogP contribution in [0.1, 0.15) is 32.6 Å². The largest absolute Gasteiger partial charge is 0.395 e. The standard InChI is InChI=1S/C14H21BrFNO3S/c1-2-3-4-5-8-17(9-10-18)21(19,20)12-6-7-13(15)14(16)11-12/h6-7,11,18H,2-5,8-10H2,1H3. The van der Waals surface area contributed by atoms with E-state index in [9.17, 15) is 12.8 Å². The highest BCUT2D eigenvalue weighted by Crippen LogP contribution is 2.22. The van der Waals surface area contributed by atoms with Crippen molar-refractivity contribution in [3.05, 3.63) is 28.5 Å². The molecule has 0 saturated carbocycles. The van der Waals surface area contributed by atoms with E-state index in [1.807, 2.05) is 0 Å². The van der Waals surface area contributed by atoms with E-state index in [0.29, 0.717) is 6.54 Å². The maximum absolute atomic E-state index is 13.5. The van der Waals surface area contributed by atoms with Gasteiger partial charge in [0.2, 0.25) is 10.0 Å². The topological polar surface area (TPSA) is 57.6 Å². The normalized spacial score (nSPS) is 12.0. The molecule has 1 N–H and O–H groups in total. The van der Waals surface area contributed by atoms with Gasteiger partial charge in [-0.05, 0) is 40.5 Å². The van der Waals surface area contributed by atoms with Crippen LogP contribution in [0, 0.1) is 5.82 Å². The van der Waals surface area contributed by atoms with Crippen LogP contribution in [0.2, 0.25) is 0 Å². The lowest BCUT2D eigenvalue weighted by Gasteiger charge is -2.21. The Kier molecular flexibility index (Phi) is 7.79. The summed E-state index contributed by atoms with van der Waals surface area (Å²) in [6, 6.07) is 3.73. The van der Waals surface area contributed by atoms with Gasteiger partial charge in [-0.25, -0.2) is 12.8 Å². The Hall–Kier alpha value is -0.500. The number of hydrogen-bond acceptors (Lipinski definition) is 3. The summed E-state index contributed by atoms with van der Waals surface area (Å²) in [6.07, 6.45) is 3.76. The number of benzene rings is 1. The minimum Gasteiger partial charge on any atom is -0.395 e. The summed E-state index contributed by atoms with van der Waals surface area (Å²) in [4.78, 5) is -0.0906. The van der Waals surface area contributed by atoms with Gasteiger partial charge < -0.3 is 5.11 Å². The van der Waals surface area contributed by atoms with Crippen molar-refractivity contribution in [1.29, 1.82) is 0 Å². The van der Waals surface area contributed by atoms with Crippen molar-refractivity contribution in [1.82, 2.24) is 4.31 Å². The summed E-state index contributed by atoms with van der Waals surface area (Å²) in [5, 5.41) is 9.06. The molecule has 0 aliphatic carbocycles. The first-order valence-corrected chi connectivity index (χ1v) is 9.22. The fraction of sp³-hybridized carbons (Fsp3) is 0.571. The quantitative estimate of drug-likeness (QED) is 0.668. The van der Waals surface area contributed by atoms with Gasteiger partial charge in [0.15, 0.2) is 0 Å². The first-order chi connectivity index (χ1) is 9.93. The van der Waals surface area contributed by atoms with Gasteiger partial charge >= 0.3 is 0 Å². The third-order valence-corrected chi connectivity index (χ3v) is 5.68. The summed E-state index contributed by atoms with van der Waals surface area (Å²) < 4.78 is 39.9. The average molecular weight is 382 g/mol. The molecule has 1 aromatic carbocycles. The molecule has 120 valence electrons. The molecule has 7 heteroatoms. The number of rotatable bonds is 9. The summed E-state index contributed by atoms with van der Waals surface area (Å²) >= 11 is 3.00. The third-order valence-electron chi connectivity index (χ3n) is 3.14. The molecule has 0 amide bonds. The number of aliphatic hydroxyl groups is 1. The molecule has 0 heterocycles. The Labute approximate surface area is 134 Å². The molecule has 0 aromatic heterocycles. The van der Waals surface area contributed by atoms with E-state index in [0.717, 1.165) is 31.7 Å². The highest BCUT2D eigenvalue weighted by Gasteiger charge is 2.24. The zero-order chi connectivity index (χ0) is 15.9. The van der Waals surface area contributed by atoms with Gasteiger partial charge in [0.05, 0.1) is 16.0 Å². The average Bonchev–Trinajstić information content (AvgIpc) is 2.45. The lowest BCUT2D eigenvalue weighted by atomic mass is 10.2. The summed E-state index contributed by atoms with van der Waals surface area (Å²) in [5.74, 6) is -0.619. The van der Waals surface area contributed by atoms with Gasteiger partial charge in [-0.1, -0.05) is 26.2 Å². The number of sulfonamides is 1. The number of aliphatic hydroxyl groups excluding tert-OH is 1. The molecule has 21 heavy (non-hydrogen) atoms. The van der Waals surface area contributed by atoms with E-state index in [1.165, 1.54) is 16.4 Å². The van der Waals surface area contributed by atoms with E-state index >= 15 is 0 Å². The minimum absolute atomic E-state index is 0.0200. The van der Waals surface area contributed by atoms with E-state index in [-0.39, 0.29) is 22.5 Å². The SMILES string of the molecule is CCCCCCN(CCO)S(=O)(=O)c1ccc(Br)c(F)c1. The smallest absolute Gasteiger partial charge is 0.243 e. The molecule has 4 nitrogen and oxygen atoms in total. The van der Waals surface area contributed by atoms with E-state index in [1.54, 1.807) is 0 Å². The summed E-state index contributed by atoms with van der Waals surface area (Å²) in [7, 11) is -3.78. The van der Waals surface area contributed by atoms with E-state index < -0.39 is 15.8 Å². The summed E-state index contributed by atoms with van der Waals surface area (Å²) in [6.45, 7) is 2.17. The minimum atomic E-state index is -3.78. The number of halogens is 2. The highest BCUT2D eigenvalue weighted by atomic mass is 79.9. The Morgan fingerprint density at radius 1 is 1.24 bits per heavy atom. The van der Waals surface area contributed by atoms with Crippen LogP contribution >= 0.6 is 15.9 Å². The second-order valence-electron chi connectivity index (χ2n) is 4.76. The molecule has 0 aliphatic heterocycles. The molecular formula is C14H21BrFNO3S. The maximum Gasteiger partial charge on any atom is 0.243 e. The van der Waals surface area contributed by atoms with Gasteiger partial charge in [0, 0.05) is 13.1 Å². The van der Waals surface area contributed by atoms with Crippen LogP contribution in [0.25, 0.3) is 0 Å². The molecule has 0 aliphatic rings. The second-order valence-corrected chi connectivity index (χ2v) is 7.56. The van der Waals surface area contributed by atoms with E-state index in [4.69, 9.17) is 5.11 Å². The lowest BCUT2D eigenvalue weighted by molar-refractivity contribution is 0.251. The first-order valence-electron chi connectivity index (χ1n) is 6.99. The van der Waals surface area contributed by atoms with Gasteiger partial charge in [-0.15, -0.1) is 0 Å². The van der Waals surface area contributed by atoms with Crippen molar-refractivity contribution in [3.8, 4) is 0 Å². The van der Waals surface area contributed by atoms with Crippen molar-refractivity contribution < 1.29 is 17.9 Å². The van der Waals surface area contributed by atoms with Crippen molar-refractivity contribution in [3.63, 3.8) is 0 Å². The zero-order valence-corrected chi connectivity index (χ0v) is 14.5. The summed E-state index contributed by atoms with van der Waals surface area (Å²) in [5.41, 5.74) is 0. The molecule has 1 aromatic rings. The van der Waals surface area contributed by atoms with Crippen LogP contribution in [0.15, 0.2) is 27.6 Å². The predicted molar refractivity (Wildman–Crippen MR) is 84.1 cm³/mol. The fourth-order valence-corrected chi connectivity index (χ4v) is 3.69.